The van der Waals surface area contributed by atoms with Gasteiger partial charge in [-0.05, 0) is 32.6 Å². The number of hydrogen-bond acceptors (Lipinski definition) is 5. The second kappa shape index (κ2) is 8.27. The monoisotopic (exact) mass is 272 g/mol. The molecule has 0 radical (unpaired) electrons. The maximum absolute atomic E-state index is 11.0. The van der Waals surface area contributed by atoms with Crippen molar-refractivity contribution >= 4 is 11.8 Å². The number of rotatable bonds is 3. The Bertz CT molecular complexity index is 302. The van der Waals surface area contributed by atoms with Gasteiger partial charge in [-0.25, -0.2) is 0 Å². The maximum atomic E-state index is 11.0. The summed E-state index contributed by atoms with van der Waals surface area (Å²) in [5, 5.41) is 17.6. The topological polar surface area (TPSA) is 83.8 Å². The van der Waals surface area contributed by atoms with Gasteiger partial charge in [0.2, 0.25) is 0 Å². The van der Waals surface area contributed by atoms with Gasteiger partial charge in [-0.2, -0.15) is 0 Å². The molecular formula is C14H24O5. The molecule has 0 saturated heterocycles. The van der Waals surface area contributed by atoms with Gasteiger partial charge in [0, 0.05) is 18.9 Å². The van der Waals surface area contributed by atoms with Gasteiger partial charge in [0.1, 0.15) is 11.7 Å². The minimum Gasteiger partial charge on any atom is -0.465 e. The summed E-state index contributed by atoms with van der Waals surface area (Å²) in [6.07, 6.45) is 4.79. The molecule has 0 spiro atoms. The quantitative estimate of drug-likeness (QED) is 0.593. The van der Waals surface area contributed by atoms with Crippen LogP contribution in [0.2, 0.25) is 0 Å². The van der Waals surface area contributed by atoms with Crippen LogP contribution in [-0.4, -0.2) is 41.3 Å². The SMILES string of the molecule is CCOC(=O)C1CCCC1=O.OCC1CCCC1O. The normalized spacial score (nSPS) is 29.8. The predicted molar refractivity (Wildman–Crippen MR) is 69.4 cm³/mol. The summed E-state index contributed by atoms with van der Waals surface area (Å²) in [6.45, 7) is 2.26. The third-order valence-corrected chi connectivity index (χ3v) is 3.73. The summed E-state index contributed by atoms with van der Waals surface area (Å²) < 4.78 is 4.74. The van der Waals surface area contributed by atoms with Crippen molar-refractivity contribution in [3.8, 4) is 0 Å². The largest absolute Gasteiger partial charge is 0.465 e. The molecule has 110 valence electrons. The van der Waals surface area contributed by atoms with Gasteiger partial charge in [0.05, 0.1) is 12.7 Å². The van der Waals surface area contributed by atoms with E-state index in [4.69, 9.17) is 14.9 Å². The molecule has 3 unspecified atom stereocenters. The van der Waals surface area contributed by atoms with Crippen LogP contribution < -0.4 is 0 Å². The standard InChI is InChI=1S/C8H12O3.C6H12O2/c1-2-11-8(10)6-4-3-5-7(6)9;7-4-5-2-1-3-6(5)8/h6H,2-5H2,1H3;5-8H,1-4H2. The minimum absolute atomic E-state index is 0.0449. The zero-order valence-electron chi connectivity index (χ0n) is 11.5. The fraction of sp³-hybridized carbons (Fsp3) is 0.857. The molecule has 0 amide bonds. The number of aliphatic hydroxyl groups excluding tert-OH is 2. The van der Waals surface area contributed by atoms with Crippen LogP contribution in [0.3, 0.4) is 0 Å². The Morgan fingerprint density at radius 3 is 2.42 bits per heavy atom. The Kier molecular flexibility index (Phi) is 7.02. The van der Waals surface area contributed by atoms with Crippen LogP contribution in [0, 0.1) is 11.8 Å². The van der Waals surface area contributed by atoms with Crippen LogP contribution in [0.25, 0.3) is 0 Å². The lowest BCUT2D eigenvalue weighted by atomic mass is 10.1. The lowest BCUT2D eigenvalue weighted by Crippen LogP contribution is -2.21. The van der Waals surface area contributed by atoms with E-state index in [9.17, 15) is 9.59 Å². The number of ether oxygens (including phenoxy) is 1. The van der Waals surface area contributed by atoms with E-state index in [2.05, 4.69) is 0 Å². The first-order valence-corrected chi connectivity index (χ1v) is 7.08. The molecule has 5 nitrogen and oxygen atoms in total. The molecule has 0 aliphatic heterocycles. The predicted octanol–water partition coefficient (Wildman–Crippen LogP) is 1.06. The number of aliphatic hydroxyl groups is 2. The fourth-order valence-electron chi connectivity index (χ4n) is 2.54. The Morgan fingerprint density at radius 2 is 2.05 bits per heavy atom. The van der Waals surface area contributed by atoms with Gasteiger partial charge >= 0.3 is 5.97 Å². The maximum Gasteiger partial charge on any atom is 0.316 e. The van der Waals surface area contributed by atoms with Crippen LogP contribution in [-0.2, 0) is 14.3 Å². The first kappa shape index (κ1) is 16.1. The van der Waals surface area contributed by atoms with Gasteiger partial charge in [0.15, 0.2) is 0 Å². The van der Waals surface area contributed by atoms with E-state index in [1.54, 1.807) is 6.92 Å². The van der Waals surface area contributed by atoms with Crippen molar-refractivity contribution in [2.24, 2.45) is 11.8 Å². The van der Waals surface area contributed by atoms with E-state index < -0.39 is 5.92 Å². The molecule has 0 bridgehead atoms. The van der Waals surface area contributed by atoms with Gasteiger partial charge < -0.3 is 14.9 Å². The second-order valence-electron chi connectivity index (χ2n) is 5.10. The van der Waals surface area contributed by atoms with Crippen molar-refractivity contribution in [1.82, 2.24) is 0 Å². The second-order valence-corrected chi connectivity index (χ2v) is 5.10. The molecule has 0 aromatic heterocycles. The molecule has 2 fully saturated rings. The smallest absolute Gasteiger partial charge is 0.316 e. The van der Waals surface area contributed by atoms with Crippen LogP contribution in [0.4, 0.5) is 0 Å². The van der Waals surface area contributed by atoms with Crippen molar-refractivity contribution in [1.29, 1.82) is 0 Å². The van der Waals surface area contributed by atoms with Crippen LogP contribution >= 0.6 is 0 Å². The molecule has 3 atom stereocenters. The molecule has 2 saturated carbocycles. The Labute approximate surface area is 114 Å². The molecular weight excluding hydrogens is 248 g/mol. The van der Waals surface area contributed by atoms with E-state index in [1.807, 2.05) is 0 Å². The third kappa shape index (κ3) is 4.91. The van der Waals surface area contributed by atoms with E-state index in [-0.39, 0.29) is 30.4 Å². The Morgan fingerprint density at radius 1 is 1.32 bits per heavy atom. The zero-order valence-corrected chi connectivity index (χ0v) is 11.5. The van der Waals surface area contributed by atoms with Crippen LogP contribution in [0.15, 0.2) is 0 Å². The van der Waals surface area contributed by atoms with E-state index in [0.29, 0.717) is 19.4 Å². The summed E-state index contributed by atoms with van der Waals surface area (Å²) in [6, 6.07) is 0. The summed E-state index contributed by atoms with van der Waals surface area (Å²) >= 11 is 0. The molecule has 19 heavy (non-hydrogen) atoms. The Hall–Kier alpha value is -0.940. The van der Waals surface area contributed by atoms with Crippen molar-refractivity contribution < 1.29 is 24.5 Å². The molecule has 2 rings (SSSR count). The van der Waals surface area contributed by atoms with Crippen molar-refractivity contribution in [2.75, 3.05) is 13.2 Å². The molecule has 0 aromatic carbocycles. The average molecular weight is 272 g/mol. The van der Waals surface area contributed by atoms with Crippen LogP contribution in [0.1, 0.15) is 45.4 Å². The third-order valence-electron chi connectivity index (χ3n) is 3.73. The van der Waals surface area contributed by atoms with Crippen molar-refractivity contribution in [2.45, 2.75) is 51.6 Å². The minimum atomic E-state index is -0.449. The summed E-state index contributed by atoms with van der Waals surface area (Å²) in [4.78, 5) is 22.0. The van der Waals surface area contributed by atoms with Crippen molar-refractivity contribution in [3.05, 3.63) is 0 Å². The molecule has 0 aromatic rings. The Balaban J connectivity index is 0.000000200. The highest BCUT2D eigenvalue weighted by atomic mass is 16.5. The number of carbonyl (C=O) groups excluding carboxylic acids is 2. The summed E-state index contributed by atoms with van der Waals surface area (Å²) in [7, 11) is 0. The van der Waals surface area contributed by atoms with E-state index >= 15 is 0 Å². The number of carbonyl (C=O) groups is 2. The fourth-order valence-corrected chi connectivity index (χ4v) is 2.54. The first-order chi connectivity index (χ1) is 9.10. The zero-order chi connectivity index (χ0) is 14.3. The van der Waals surface area contributed by atoms with Gasteiger partial charge in [0.25, 0.3) is 0 Å². The summed E-state index contributed by atoms with van der Waals surface area (Å²) in [5.41, 5.74) is 0. The number of Topliss-reactive ketones (excluding diaryl/α,β-unsaturated/α-hetero) is 1. The molecule has 2 aliphatic carbocycles. The molecule has 2 aliphatic rings. The summed E-state index contributed by atoms with van der Waals surface area (Å²) in [5.74, 6) is -0.566. The lowest BCUT2D eigenvalue weighted by Gasteiger charge is -2.08. The van der Waals surface area contributed by atoms with Gasteiger partial charge in [-0.3, -0.25) is 9.59 Å². The average Bonchev–Trinajstić information content (AvgIpc) is 2.98. The highest BCUT2D eigenvalue weighted by Gasteiger charge is 2.31. The number of ketones is 1. The first-order valence-electron chi connectivity index (χ1n) is 7.08. The van der Waals surface area contributed by atoms with Crippen LogP contribution in [0.5, 0.6) is 0 Å². The molecule has 2 N–H and O–H groups in total. The highest BCUT2D eigenvalue weighted by Crippen LogP contribution is 2.24. The van der Waals surface area contributed by atoms with Gasteiger partial charge in [-0.15, -0.1) is 0 Å². The van der Waals surface area contributed by atoms with Gasteiger partial charge in [-0.1, -0.05) is 6.42 Å². The number of esters is 1. The highest BCUT2D eigenvalue weighted by molar-refractivity contribution is 6.00. The molecule has 0 heterocycles. The van der Waals surface area contributed by atoms with Crippen molar-refractivity contribution in [3.63, 3.8) is 0 Å². The lowest BCUT2D eigenvalue weighted by molar-refractivity contribution is -0.150. The van der Waals surface area contributed by atoms with E-state index in [1.165, 1.54) is 0 Å². The number of hydrogen-bond donors (Lipinski definition) is 2. The van der Waals surface area contributed by atoms with E-state index in [0.717, 1.165) is 25.7 Å². The molecule has 5 heteroatoms.